The largest absolute Gasteiger partial charge is 0.496 e. The van der Waals surface area contributed by atoms with Crippen molar-refractivity contribution in [3.05, 3.63) is 93.1 Å². The molecule has 0 atom stereocenters. The molecule has 0 amide bonds. The van der Waals surface area contributed by atoms with Gasteiger partial charge in [0.05, 0.1) is 22.5 Å². The molecule has 0 saturated carbocycles. The van der Waals surface area contributed by atoms with Crippen LogP contribution in [0.3, 0.4) is 0 Å². The van der Waals surface area contributed by atoms with Crippen molar-refractivity contribution in [1.29, 1.82) is 0 Å². The summed E-state index contributed by atoms with van der Waals surface area (Å²) in [6.45, 7) is 0. The molecule has 0 fully saturated rings. The predicted octanol–water partition coefficient (Wildman–Crippen LogP) is 5.45. The van der Waals surface area contributed by atoms with Crippen LogP contribution in [0.5, 0.6) is 11.5 Å². The van der Waals surface area contributed by atoms with Crippen molar-refractivity contribution in [3.63, 3.8) is 0 Å². The average molecular weight is 451 g/mol. The third-order valence-electron chi connectivity index (χ3n) is 4.37. The lowest BCUT2D eigenvalue weighted by Gasteiger charge is -2.12. The van der Waals surface area contributed by atoms with Crippen LogP contribution < -0.4 is 14.9 Å². The minimum absolute atomic E-state index is 0.158. The van der Waals surface area contributed by atoms with Crippen LogP contribution in [0, 0.1) is 0 Å². The van der Waals surface area contributed by atoms with Gasteiger partial charge in [0.25, 0.3) is 0 Å². The van der Waals surface area contributed by atoms with Gasteiger partial charge in [-0.2, -0.15) is 0 Å². The Labute approximate surface area is 174 Å². The Morgan fingerprint density at radius 3 is 2.41 bits per heavy atom. The molecular formula is C23H15BrO5. The predicted molar refractivity (Wildman–Crippen MR) is 114 cm³/mol. The van der Waals surface area contributed by atoms with Gasteiger partial charge >= 0.3 is 5.97 Å². The number of hydrogen-bond acceptors (Lipinski definition) is 5. The van der Waals surface area contributed by atoms with E-state index in [-0.39, 0.29) is 11.5 Å². The molecule has 0 bridgehead atoms. The second-order valence-corrected chi connectivity index (χ2v) is 7.04. The first-order chi connectivity index (χ1) is 14.1. The fourth-order valence-electron chi connectivity index (χ4n) is 2.94. The van der Waals surface area contributed by atoms with E-state index in [0.717, 1.165) is 0 Å². The smallest absolute Gasteiger partial charge is 0.343 e. The monoisotopic (exact) mass is 450 g/mol. The third kappa shape index (κ3) is 3.67. The number of esters is 1. The molecule has 1 aromatic heterocycles. The number of rotatable bonds is 4. The van der Waals surface area contributed by atoms with Crippen LogP contribution in [-0.2, 0) is 0 Å². The second kappa shape index (κ2) is 7.93. The van der Waals surface area contributed by atoms with Crippen LogP contribution >= 0.6 is 15.9 Å². The highest BCUT2D eigenvalue weighted by Crippen LogP contribution is 2.35. The molecule has 0 saturated heterocycles. The summed E-state index contributed by atoms with van der Waals surface area (Å²) in [5.41, 5.74) is 0.885. The summed E-state index contributed by atoms with van der Waals surface area (Å²) >= 11 is 3.43. The van der Waals surface area contributed by atoms with Gasteiger partial charge in [-0.25, -0.2) is 4.79 Å². The maximum atomic E-state index is 13.1. The number of para-hydroxylation sites is 1. The van der Waals surface area contributed by atoms with E-state index in [2.05, 4.69) is 15.9 Å². The lowest BCUT2D eigenvalue weighted by molar-refractivity contribution is 0.0731. The van der Waals surface area contributed by atoms with Crippen molar-refractivity contribution in [2.24, 2.45) is 0 Å². The topological polar surface area (TPSA) is 65.7 Å². The number of halogens is 1. The van der Waals surface area contributed by atoms with Crippen molar-refractivity contribution in [1.82, 2.24) is 0 Å². The fraction of sp³-hybridized carbons (Fsp3) is 0.0435. The summed E-state index contributed by atoms with van der Waals surface area (Å²) in [4.78, 5) is 25.7. The molecule has 0 aliphatic rings. The van der Waals surface area contributed by atoms with E-state index < -0.39 is 11.4 Å². The standard InChI is InChI=1S/C23H15BrO5/c1-27-19-12-11-15(13-17(19)24)21-22(29-23(26)14-7-3-2-4-8-14)20(25)16-9-5-6-10-18(16)28-21/h2-13H,1H3. The van der Waals surface area contributed by atoms with Gasteiger partial charge in [-0.1, -0.05) is 30.3 Å². The fourth-order valence-corrected chi connectivity index (χ4v) is 3.48. The van der Waals surface area contributed by atoms with Gasteiger partial charge < -0.3 is 13.9 Å². The summed E-state index contributed by atoms with van der Waals surface area (Å²) in [5.74, 6) is -0.00215. The summed E-state index contributed by atoms with van der Waals surface area (Å²) in [6.07, 6.45) is 0. The zero-order valence-corrected chi connectivity index (χ0v) is 16.9. The molecule has 0 spiro atoms. The summed E-state index contributed by atoms with van der Waals surface area (Å²) in [6, 6.07) is 20.5. The molecule has 5 nitrogen and oxygen atoms in total. The Hall–Kier alpha value is -3.38. The van der Waals surface area contributed by atoms with Gasteiger partial charge in [-0.3, -0.25) is 4.79 Å². The van der Waals surface area contributed by atoms with Crippen LogP contribution in [0.2, 0.25) is 0 Å². The van der Waals surface area contributed by atoms with Crippen LogP contribution in [0.1, 0.15) is 10.4 Å². The lowest BCUT2D eigenvalue weighted by atomic mass is 10.1. The van der Waals surface area contributed by atoms with Gasteiger partial charge in [0.2, 0.25) is 11.2 Å². The maximum absolute atomic E-state index is 13.1. The molecule has 0 aliphatic heterocycles. The molecular weight excluding hydrogens is 436 g/mol. The molecule has 29 heavy (non-hydrogen) atoms. The number of benzene rings is 3. The number of ether oxygens (including phenoxy) is 2. The molecule has 6 heteroatoms. The molecule has 1 heterocycles. The molecule has 3 aromatic carbocycles. The first-order valence-electron chi connectivity index (χ1n) is 8.75. The highest BCUT2D eigenvalue weighted by Gasteiger charge is 2.21. The number of methoxy groups -OCH3 is 1. The van der Waals surface area contributed by atoms with Crippen molar-refractivity contribution in [2.75, 3.05) is 7.11 Å². The normalized spacial score (nSPS) is 10.7. The summed E-state index contributed by atoms with van der Waals surface area (Å²) in [7, 11) is 1.56. The van der Waals surface area contributed by atoms with Gasteiger partial charge in [0.1, 0.15) is 11.3 Å². The molecule has 0 unspecified atom stereocenters. The number of hydrogen-bond donors (Lipinski definition) is 0. The van der Waals surface area contributed by atoms with Crippen molar-refractivity contribution < 1.29 is 18.7 Å². The second-order valence-electron chi connectivity index (χ2n) is 6.19. The molecule has 144 valence electrons. The average Bonchev–Trinajstić information content (AvgIpc) is 2.76. The minimum Gasteiger partial charge on any atom is -0.496 e. The molecule has 0 aliphatic carbocycles. The van der Waals surface area contributed by atoms with Crippen LogP contribution in [0.15, 0.2) is 86.5 Å². The SMILES string of the molecule is COc1ccc(-c2oc3ccccc3c(=O)c2OC(=O)c2ccccc2)cc1Br. The summed E-state index contributed by atoms with van der Waals surface area (Å²) < 4.78 is 17.4. The minimum atomic E-state index is -0.637. The van der Waals surface area contributed by atoms with Crippen molar-refractivity contribution in [2.45, 2.75) is 0 Å². The number of fused-ring (bicyclic) bond motifs is 1. The number of carbonyl (C=O) groups is 1. The van der Waals surface area contributed by atoms with Crippen molar-refractivity contribution >= 4 is 32.9 Å². The Balaban J connectivity index is 1.90. The van der Waals surface area contributed by atoms with E-state index in [1.807, 2.05) is 0 Å². The van der Waals surface area contributed by atoms with Crippen molar-refractivity contribution in [3.8, 4) is 22.8 Å². The first kappa shape index (κ1) is 19.0. The highest BCUT2D eigenvalue weighted by atomic mass is 79.9. The molecule has 0 radical (unpaired) electrons. The Morgan fingerprint density at radius 1 is 0.966 bits per heavy atom. The van der Waals surface area contributed by atoms with Crippen LogP contribution in [0.25, 0.3) is 22.3 Å². The van der Waals surface area contributed by atoms with E-state index in [9.17, 15) is 9.59 Å². The zero-order valence-electron chi connectivity index (χ0n) is 15.3. The van der Waals surface area contributed by atoms with Gasteiger partial charge in [0, 0.05) is 5.56 Å². The highest BCUT2D eigenvalue weighted by molar-refractivity contribution is 9.10. The van der Waals surface area contributed by atoms with E-state index >= 15 is 0 Å². The Bertz CT molecular complexity index is 1260. The zero-order chi connectivity index (χ0) is 20.4. The van der Waals surface area contributed by atoms with Gasteiger partial charge in [0.15, 0.2) is 5.76 Å². The molecule has 4 rings (SSSR count). The maximum Gasteiger partial charge on any atom is 0.343 e. The van der Waals surface area contributed by atoms with Crippen LogP contribution in [0.4, 0.5) is 0 Å². The summed E-state index contributed by atoms with van der Waals surface area (Å²) in [5, 5.41) is 0.333. The van der Waals surface area contributed by atoms with Gasteiger partial charge in [-0.05, 0) is 58.4 Å². The van der Waals surface area contributed by atoms with Crippen LogP contribution in [-0.4, -0.2) is 13.1 Å². The van der Waals surface area contributed by atoms with E-state index in [1.54, 1.807) is 79.9 Å². The quantitative estimate of drug-likeness (QED) is 0.386. The van der Waals surface area contributed by atoms with Gasteiger partial charge in [-0.15, -0.1) is 0 Å². The number of carbonyl (C=O) groups excluding carboxylic acids is 1. The van der Waals surface area contributed by atoms with E-state index in [4.69, 9.17) is 13.9 Å². The Kier molecular flexibility index (Phi) is 5.18. The molecule has 4 aromatic rings. The third-order valence-corrected chi connectivity index (χ3v) is 4.99. The Morgan fingerprint density at radius 2 is 1.69 bits per heavy atom. The first-order valence-corrected chi connectivity index (χ1v) is 9.55. The molecule has 0 N–H and O–H groups in total. The lowest BCUT2D eigenvalue weighted by Crippen LogP contribution is -2.16. The van der Waals surface area contributed by atoms with E-state index in [0.29, 0.717) is 32.3 Å². The van der Waals surface area contributed by atoms with E-state index in [1.165, 1.54) is 0 Å².